The van der Waals surface area contributed by atoms with Gasteiger partial charge in [-0.3, -0.25) is 0 Å². The van der Waals surface area contributed by atoms with E-state index in [0.29, 0.717) is 12.4 Å². The van der Waals surface area contributed by atoms with Crippen LogP contribution in [0, 0.1) is 12.3 Å². The lowest BCUT2D eigenvalue weighted by Crippen LogP contribution is -2.16. The summed E-state index contributed by atoms with van der Waals surface area (Å²) in [5.74, 6) is 2.89. The zero-order valence-electron chi connectivity index (χ0n) is 8.49. The molecule has 0 aliphatic heterocycles. The molecule has 0 fully saturated rings. The van der Waals surface area contributed by atoms with Gasteiger partial charge >= 0.3 is 6.01 Å². The first kappa shape index (κ1) is 11.5. The summed E-state index contributed by atoms with van der Waals surface area (Å²) in [5, 5.41) is 3.07. The highest BCUT2D eigenvalue weighted by Gasteiger charge is 2.07. The van der Waals surface area contributed by atoms with Crippen LogP contribution < -0.4 is 10.1 Å². The summed E-state index contributed by atoms with van der Waals surface area (Å²) in [6.45, 7) is 1.92. The summed E-state index contributed by atoms with van der Waals surface area (Å²) in [4.78, 5) is 11.6. The van der Waals surface area contributed by atoms with Crippen LogP contribution in [0.25, 0.3) is 0 Å². The van der Waals surface area contributed by atoms with E-state index in [2.05, 4.69) is 26.2 Å². The summed E-state index contributed by atoms with van der Waals surface area (Å²) in [7, 11) is 1.46. The lowest BCUT2D eigenvalue weighted by molar-refractivity contribution is 0.378. The molecule has 0 saturated heterocycles. The molecule has 1 heterocycles. The number of methoxy groups -OCH3 is 1. The third-order valence-electron chi connectivity index (χ3n) is 1.57. The first-order chi connectivity index (χ1) is 7.15. The Bertz CT molecular complexity index is 377. The number of ether oxygens (including phenoxy) is 1. The van der Waals surface area contributed by atoms with E-state index in [-0.39, 0.29) is 17.3 Å². The van der Waals surface area contributed by atoms with E-state index in [9.17, 15) is 0 Å². The summed E-state index contributed by atoms with van der Waals surface area (Å²) in [5.41, 5.74) is 0. The number of halogens is 1. The maximum Gasteiger partial charge on any atom is 0.322 e. The summed E-state index contributed by atoms with van der Waals surface area (Å²) in [6.07, 6.45) is 5.75. The summed E-state index contributed by atoms with van der Waals surface area (Å²) >= 11 is 5.67. The van der Waals surface area contributed by atoms with E-state index in [1.807, 2.05) is 6.92 Å². The molecule has 5 nitrogen and oxygen atoms in total. The Morgan fingerprint density at radius 3 is 2.87 bits per heavy atom. The minimum absolute atomic E-state index is 0.0678. The minimum Gasteiger partial charge on any atom is -0.467 e. The number of terminal acetylenes is 1. The van der Waals surface area contributed by atoms with Crippen molar-refractivity contribution < 1.29 is 4.74 Å². The molecule has 0 amide bonds. The van der Waals surface area contributed by atoms with Crippen molar-refractivity contribution in [2.24, 2.45) is 0 Å². The third-order valence-corrected chi connectivity index (χ3v) is 1.74. The standard InChI is InChI=1S/C9H11ClN4O/c1-4-5-6(2)11-8-12-7(10)13-9(14-8)15-3/h1,6H,5H2,2-3H3,(H,11,12,13,14). The van der Waals surface area contributed by atoms with Crippen molar-refractivity contribution in [3.63, 3.8) is 0 Å². The first-order valence-electron chi connectivity index (χ1n) is 4.31. The van der Waals surface area contributed by atoms with Gasteiger partial charge in [-0.05, 0) is 18.5 Å². The maximum absolute atomic E-state index is 5.67. The molecule has 0 aliphatic carbocycles. The topological polar surface area (TPSA) is 59.9 Å². The van der Waals surface area contributed by atoms with Gasteiger partial charge in [0.25, 0.3) is 0 Å². The number of hydrogen-bond donors (Lipinski definition) is 1. The molecule has 0 aromatic carbocycles. The second-order valence-electron chi connectivity index (χ2n) is 2.87. The molecule has 1 aromatic heterocycles. The Labute approximate surface area is 93.2 Å². The zero-order chi connectivity index (χ0) is 11.3. The van der Waals surface area contributed by atoms with Crippen LogP contribution in [0.2, 0.25) is 5.28 Å². The lowest BCUT2D eigenvalue weighted by Gasteiger charge is -2.10. The summed E-state index contributed by atoms with van der Waals surface area (Å²) < 4.78 is 4.85. The molecule has 1 atom stereocenters. The van der Waals surface area contributed by atoms with Crippen LogP contribution in [0.15, 0.2) is 0 Å². The van der Waals surface area contributed by atoms with E-state index in [1.54, 1.807) is 0 Å². The van der Waals surface area contributed by atoms with Gasteiger partial charge in [-0.2, -0.15) is 15.0 Å². The predicted molar refractivity (Wildman–Crippen MR) is 57.9 cm³/mol. The number of nitrogens with zero attached hydrogens (tertiary/aromatic N) is 3. The largest absolute Gasteiger partial charge is 0.467 e. The van der Waals surface area contributed by atoms with Gasteiger partial charge in [-0.1, -0.05) is 0 Å². The molecule has 1 rings (SSSR count). The third kappa shape index (κ3) is 3.60. The van der Waals surface area contributed by atoms with Crippen molar-refractivity contribution in [2.45, 2.75) is 19.4 Å². The normalized spacial score (nSPS) is 11.6. The van der Waals surface area contributed by atoms with E-state index in [1.165, 1.54) is 7.11 Å². The van der Waals surface area contributed by atoms with Crippen molar-refractivity contribution in [2.75, 3.05) is 12.4 Å². The highest BCUT2D eigenvalue weighted by molar-refractivity contribution is 6.28. The van der Waals surface area contributed by atoms with Gasteiger partial charge in [-0.25, -0.2) is 0 Å². The molecule has 80 valence electrons. The van der Waals surface area contributed by atoms with Gasteiger partial charge < -0.3 is 10.1 Å². The van der Waals surface area contributed by atoms with Gasteiger partial charge in [0.1, 0.15) is 0 Å². The van der Waals surface area contributed by atoms with Gasteiger partial charge in [-0.15, -0.1) is 12.3 Å². The Balaban J connectivity index is 2.77. The zero-order valence-corrected chi connectivity index (χ0v) is 9.25. The molecule has 0 aliphatic rings. The van der Waals surface area contributed by atoms with Crippen molar-refractivity contribution >= 4 is 17.5 Å². The van der Waals surface area contributed by atoms with Crippen molar-refractivity contribution in [3.05, 3.63) is 5.28 Å². The Hall–Kier alpha value is -1.54. The van der Waals surface area contributed by atoms with E-state index in [4.69, 9.17) is 22.8 Å². The monoisotopic (exact) mass is 226 g/mol. The molecule has 1 aromatic rings. The molecule has 15 heavy (non-hydrogen) atoms. The fourth-order valence-corrected chi connectivity index (χ4v) is 1.09. The molecule has 0 bridgehead atoms. The smallest absolute Gasteiger partial charge is 0.322 e. The van der Waals surface area contributed by atoms with E-state index >= 15 is 0 Å². The molecule has 1 unspecified atom stereocenters. The number of aromatic nitrogens is 3. The fraction of sp³-hybridized carbons (Fsp3) is 0.444. The second-order valence-corrected chi connectivity index (χ2v) is 3.21. The van der Waals surface area contributed by atoms with Crippen LogP contribution in [0.4, 0.5) is 5.95 Å². The number of rotatable bonds is 4. The second kappa shape index (κ2) is 5.37. The quantitative estimate of drug-likeness (QED) is 0.786. The van der Waals surface area contributed by atoms with Crippen LogP contribution in [-0.4, -0.2) is 28.1 Å². The molecule has 6 heteroatoms. The van der Waals surface area contributed by atoms with E-state index in [0.717, 1.165) is 0 Å². The van der Waals surface area contributed by atoms with Gasteiger partial charge in [0.15, 0.2) is 0 Å². The molecule has 0 spiro atoms. The van der Waals surface area contributed by atoms with Gasteiger partial charge in [0, 0.05) is 12.5 Å². The SMILES string of the molecule is C#CCC(C)Nc1nc(Cl)nc(OC)n1. The van der Waals surface area contributed by atoms with Crippen LogP contribution in [0.3, 0.4) is 0 Å². The average Bonchev–Trinajstić information content (AvgIpc) is 2.17. The Kier molecular flexibility index (Phi) is 4.13. The molecular weight excluding hydrogens is 216 g/mol. The molecular formula is C9H11ClN4O. The van der Waals surface area contributed by atoms with Crippen molar-refractivity contribution in [3.8, 4) is 18.4 Å². The fourth-order valence-electron chi connectivity index (χ4n) is 0.936. The van der Waals surface area contributed by atoms with Crippen LogP contribution in [0.5, 0.6) is 6.01 Å². The summed E-state index contributed by atoms with van der Waals surface area (Å²) in [6, 6.07) is 0.239. The average molecular weight is 227 g/mol. The highest BCUT2D eigenvalue weighted by Crippen LogP contribution is 2.11. The van der Waals surface area contributed by atoms with Gasteiger partial charge in [0.05, 0.1) is 7.11 Å². The molecule has 0 radical (unpaired) electrons. The Morgan fingerprint density at radius 1 is 1.53 bits per heavy atom. The van der Waals surface area contributed by atoms with Crippen LogP contribution >= 0.6 is 11.6 Å². The van der Waals surface area contributed by atoms with E-state index < -0.39 is 0 Å². The minimum atomic E-state index is 0.0678. The number of anilines is 1. The number of hydrogen-bond acceptors (Lipinski definition) is 5. The van der Waals surface area contributed by atoms with Gasteiger partial charge in [0.2, 0.25) is 11.2 Å². The predicted octanol–water partition coefficient (Wildman–Crippen LogP) is 1.36. The van der Waals surface area contributed by atoms with Crippen molar-refractivity contribution in [1.29, 1.82) is 0 Å². The van der Waals surface area contributed by atoms with Crippen LogP contribution in [0.1, 0.15) is 13.3 Å². The highest BCUT2D eigenvalue weighted by atomic mass is 35.5. The molecule has 0 saturated carbocycles. The molecule has 1 N–H and O–H groups in total. The number of nitrogens with one attached hydrogen (secondary N) is 1. The maximum atomic E-state index is 5.67. The van der Waals surface area contributed by atoms with Crippen molar-refractivity contribution in [1.82, 2.24) is 15.0 Å². The Morgan fingerprint density at radius 2 is 2.27 bits per heavy atom. The lowest BCUT2D eigenvalue weighted by atomic mass is 10.2. The first-order valence-corrected chi connectivity index (χ1v) is 4.69. The van der Waals surface area contributed by atoms with Crippen LogP contribution in [-0.2, 0) is 0 Å².